The number of rotatable bonds is 4. The lowest BCUT2D eigenvalue weighted by molar-refractivity contribution is -0.135. The van der Waals surface area contributed by atoms with Gasteiger partial charge in [-0.25, -0.2) is 8.78 Å². The number of likely N-dealkylation sites (tertiary alicyclic amines) is 1. The number of hydrogen-bond donors (Lipinski definition) is 1. The van der Waals surface area contributed by atoms with Crippen molar-refractivity contribution in [3.63, 3.8) is 0 Å². The maximum absolute atomic E-state index is 13.7. The van der Waals surface area contributed by atoms with E-state index in [0.29, 0.717) is 0 Å². The van der Waals surface area contributed by atoms with Gasteiger partial charge in [0, 0.05) is 19.6 Å². The van der Waals surface area contributed by atoms with Gasteiger partial charge in [-0.3, -0.25) is 4.79 Å². The van der Waals surface area contributed by atoms with Gasteiger partial charge in [-0.2, -0.15) is 0 Å². The van der Waals surface area contributed by atoms with E-state index in [9.17, 15) is 13.6 Å². The molecule has 1 unspecified atom stereocenters. The monoisotopic (exact) mass is 296 g/mol. The molecule has 0 saturated carbocycles. The molecule has 1 atom stereocenters. The SMILES string of the molecule is NCC(Cc1cccc(F)c1F)C(=O)N1CCCCCC1. The van der Waals surface area contributed by atoms with Crippen molar-refractivity contribution in [3.8, 4) is 0 Å². The number of hydrogen-bond acceptors (Lipinski definition) is 2. The lowest BCUT2D eigenvalue weighted by Crippen LogP contribution is -2.40. The van der Waals surface area contributed by atoms with E-state index < -0.39 is 17.6 Å². The molecule has 2 N–H and O–H groups in total. The number of nitrogens with two attached hydrogens (primary N) is 1. The number of nitrogens with zero attached hydrogens (tertiary/aromatic N) is 1. The van der Waals surface area contributed by atoms with E-state index in [1.807, 2.05) is 4.90 Å². The zero-order valence-electron chi connectivity index (χ0n) is 12.2. The van der Waals surface area contributed by atoms with Crippen molar-refractivity contribution in [2.75, 3.05) is 19.6 Å². The molecule has 5 heteroatoms. The quantitative estimate of drug-likeness (QED) is 0.928. The standard InChI is InChI=1S/C16H22F2N2O/c17-14-7-5-6-12(15(14)18)10-13(11-19)16(21)20-8-3-1-2-4-9-20/h5-7,13H,1-4,8-11,19H2. The van der Waals surface area contributed by atoms with E-state index in [2.05, 4.69) is 0 Å². The van der Waals surface area contributed by atoms with Crippen LogP contribution in [0.15, 0.2) is 18.2 Å². The summed E-state index contributed by atoms with van der Waals surface area (Å²) in [4.78, 5) is 14.3. The van der Waals surface area contributed by atoms with Crippen LogP contribution in [-0.4, -0.2) is 30.4 Å². The molecule has 0 aromatic heterocycles. The van der Waals surface area contributed by atoms with Crippen molar-refractivity contribution in [2.45, 2.75) is 32.1 Å². The predicted octanol–water partition coefficient (Wildman–Crippen LogP) is 2.48. The van der Waals surface area contributed by atoms with E-state index in [4.69, 9.17) is 5.73 Å². The summed E-state index contributed by atoms with van der Waals surface area (Å²) in [6.45, 7) is 1.62. The maximum atomic E-state index is 13.7. The first-order valence-electron chi connectivity index (χ1n) is 7.55. The summed E-state index contributed by atoms with van der Waals surface area (Å²) >= 11 is 0. The second kappa shape index (κ2) is 7.50. The van der Waals surface area contributed by atoms with Gasteiger partial charge in [-0.15, -0.1) is 0 Å². The maximum Gasteiger partial charge on any atom is 0.227 e. The van der Waals surface area contributed by atoms with Crippen LogP contribution in [0.4, 0.5) is 8.78 Å². The third-order valence-corrected chi connectivity index (χ3v) is 4.05. The Kier molecular flexibility index (Phi) is 5.67. The fraction of sp³-hybridized carbons (Fsp3) is 0.562. The average molecular weight is 296 g/mol. The van der Waals surface area contributed by atoms with Crippen LogP contribution in [0.1, 0.15) is 31.2 Å². The molecule has 0 spiro atoms. The van der Waals surface area contributed by atoms with Gasteiger partial charge in [0.25, 0.3) is 0 Å². The van der Waals surface area contributed by atoms with Gasteiger partial charge in [-0.1, -0.05) is 25.0 Å². The highest BCUT2D eigenvalue weighted by molar-refractivity contribution is 5.79. The molecule has 0 bridgehead atoms. The molecule has 1 aliphatic rings. The fourth-order valence-corrected chi connectivity index (χ4v) is 2.79. The highest BCUT2D eigenvalue weighted by Gasteiger charge is 2.25. The molecule has 1 aliphatic heterocycles. The Balaban J connectivity index is 2.08. The van der Waals surface area contributed by atoms with Crippen LogP contribution in [0.2, 0.25) is 0 Å². The van der Waals surface area contributed by atoms with Gasteiger partial charge < -0.3 is 10.6 Å². The van der Waals surface area contributed by atoms with Gasteiger partial charge in [0.1, 0.15) is 0 Å². The number of carbonyl (C=O) groups is 1. The Hall–Kier alpha value is -1.49. The predicted molar refractivity (Wildman–Crippen MR) is 77.7 cm³/mol. The van der Waals surface area contributed by atoms with Crippen LogP contribution < -0.4 is 5.73 Å². The summed E-state index contributed by atoms with van der Waals surface area (Å²) < 4.78 is 27.0. The number of amides is 1. The third-order valence-electron chi connectivity index (χ3n) is 4.05. The van der Waals surface area contributed by atoms with Crippen molar-refractivity contribution in [1.29, 1.82) is 0 Å². The van der Waals surface area contributed by atoms with Crippen molar-refractivity contribution >= 4 is 5.91 Å². The zero-order valence-corrected chi connectivity index (χ0v) is 12.2. The van der Waals surface area contributed by atoms with Crippen LogP contribution in [0.25, 0.3) is 0 Å². The molecule has 1 heterocycles. The molecule has 2 rings (SSSR count). The largest absolute Gasteiger partial charge is 0.342 e. The first kappa shape index (κ1) is 15.9. The molecule has 21 heavy (non-hydrogen) atoms. The molecular formula is C16H22F2N2O. The van der Waals surface area contributed by atoms with Crippen LogP contribution in [0, 0.1) is 17.6 Å². The smallest absolute Gasteiger partial charge is 0.227 e. The topological polar surface area (TPSA) is 46.3 Å². The van der Waals surface area contributed by atoms with E-state index in [1.54, 1.807) is 0 Å². The number of carbonyl (C=O) groups excluding carboxylic acids is 1. The second-order valence-electron chi connectivity index (χ2n) is 5.59. The molecule has 1 saturated heterocycles. The van der Waals surface area contributed by atoms with Crippen LogP contribution in [-0.2, 0) is 11.2 Å². The summed E-state index contributed by atoms with van der Waals surface area (Å²) in [5, 5.41) is 0. The van der Waals surface area contributed by atoms with E-state index in [0.717, 1.165) is 44.8 Å². The molecule has 0 aliphatic carbocycles. The molecule has 1 fully saturated rings. The number of halogens is 2. The Labute approximate surface area is 124 Å². The first-order chi connectivity index (χ1) is 10.1. The summed E-state index contributed by atoms with van der Waals surface area (Å²) in [6, 6.07) is 4.04. The van der Waals surface area contributed by atoms with Gasteiger partial charge >= 0.3 is 0 Å². The Morgan fingerprint density at radius 2 is 1.86 bits per heavy atom. The Morgan fingerprint density at radius 1 is 1.19 bits per heavy atom. The van der Waals surface area contributed by atoms with Crippen molar-refractivity contribution < 1.29 is 13.6 Å². The Morgan fingerprint density at radius 3 is 2.48 bits per heavy atom. The molecule has 1 amide bonds. The lowest BCUT2D eigenvalue weighted by atomic mass is 9.97. The normalized spacial score (nSPS) is 17.4. The highest BCUT2D eigenvalue weighted by Crippen LogP contribution is 2.18. The van der Waals surface area contributed by atoms with Gasteiger partial charge in [-0.05, 0) is 30.9 Å². The Bertz CT molecular complexity index is 485. The summed E-state index contributed by atoms with van der Waals surface area (Å²) in [6.07, 6.45) is 4.41. The highest BCUT2D eigenvalue weighted by atomic mass is 19.2. The molecule has 1 aromatic rings. The van der Waals surface area contributed by atoms with E-state index in [1.165, 1.54) is 12.1 Å². The third kappa shape index (κ3) is 4.00. The van der Waals surface area contributed by atoms with Crippen LogP contribution in [0.3, 0.4) is 0 Å². The molecule has 1 aromatic carbocycles. The van der Waals surface area contributed by atoms with E-state index in [-0.39, 0.29) is 24.4 Å². The summed E-state index contributed by atoms with van der Waals surface area (Å²) in [7, 11) is 0. The summed E-state index contributed by atoms with van der Waals surface area (Å²) in [5.74, 6) is -2.28. The van der Waals surface area contributed by atoms with Crippen LogP contribution >= 0.6 is 0 Å². The lowest BCUT2D eigenvalue weighted by Gasteiger charge is -2.25. The minimum Gasteiger partial charge on any atom is -0.342 e. The van der Waals surface area contributed by atoms with E-state index >= 15 is 0 Å². The van der Waals surface area contributed by atoms with Crippen molar-refractivity contribution in [2.24, 2.45) is 11.7 Å². The average Bonchev–Trinajstić information content (AvgIpc) is 2.77. The van der Waals surface area contributed by atoms with Gasteiger partial charge in [0.2, 0.25) is 5.91 Å². The molecule has 3 nitrogen and oxygen atoms in total. The van der Waals surface area contributed by atoms with Crippen molar-refractivity contribution in [1.82, 2.24) is 4.90 Å². The fourth-order valence-electron chi connectivity index (χ4n) is 2.79. The molecule has 116 valence electrons. The van der Waals surface area contributed by atoms with Crippen LogP contribution in [0.5, 0.6) is 0 Å². The van der Waals surface area contributed by atoms with Crippen molar-refractivity contribution in [3.05, 3.63) is 35.4 Å². The molecule has 0 radical (unpaired) electrons. The summed E-state index contributed by atoms with van der Waals surface area (Å²) in [5.41, 5.74) is 5.91. The van der Waals surface area contributed by atoms with Gasteiger partial charge in [0.05, 0.1) is 5.92 Å². The second-order valence-corrected chi connectivity index (χ2v) is 5.59. The minimum absolute atomic E-state index is 0.0388. The minimum atomic E-state index is -0.884. The molecular weight excluding hydrogens is 274 g/mol. The van der Waals surface area contributed by atoms with Gasteiger partial charge in [0.15, 0.2) is 11.6 Å². The zero-order chi connectivity index (χ0) is 15.2. The first-order valence-corrected chi connectivity index (χ1v) is 7.55. The number of benzene rings is 1.